The largest absolute Gasteiger partial charge is 0.459 e. The van der Waals surface area contributed by atoms with Crippen molar-refractivity contribution in [1.82, 2.24) is 0 Å². The molecule has 1 fully saturated rings. The fraction of sp³-hybridized carbons (Fsp3) is 0.182. The summed E-state index contributed by atoms with van der Waals surface area (Å²) in [7, 11) is 0. The van der Waals surface area contributed by atoms with Gasteiger partial charge in [0.2, 0.25) is 0 Å². The molecule has 1 saturated heterocycles. The Balaban J connectivity index is 1.42. The third kappa shape index (κ3) is 7.25. The van der Waals surface area contributed by atoms with Crippen LogP contribution in [0.3, 0.4) is 0 Å². The lowest BCUT2D eigenvalue weighted by Crippen LogP contribution is -2.45. The van der Waals surface area contributed by atoms with E-state index in [0.29, 0.717) is 11.1 Å². The third-order valence-corrected chi connectivity index (χ3v) is 7.64. The van der Waals surface area contributed by atoms with Gasteiger partial charge in [-0.05, 0) is 48.5 Å². The van der Waals surface area contributed by atoms with Crippen LogP contribution in [0.15, 0.2) is 126 Å². The summed E-state index contributed by atoms with van der Waals surface area (Å²) in [5, 5.41) is 11.2. The van der Waals surface area contributed by atoms with Crippen molar-refractivity contribution >= 4 is 29.7 Å². The number of aliphatic hydroxyl groups excluding tert-OH is 1. The summed E-state index contributed by atoms with van der Waals surface area (Å²) in [4.78, 5) is 39.7. The Morgan fingerprint density at radius 1 is 0.643 bits per heavy atom. The van der Waals surface area contributed by atoms with Crippen LogP contribution in [0.5, 0.6) is 0 Å². The van der Waals surface area contributed by atoms with E-state index in [4.69, 9.17) is 18.9 Å². The molecule has 0 amide bonds. The Morgan fingerprint density at radius 3 is 1.57 bits per heavy atom. The summed E-state index contributed by atoms with van der Waals surface area (Å²) in [6.07, 6.45) is -4.93. The average molecular weight is 585 g/mol. The summed E-state index contributed by atoms with van der Waals surface area (Å²) in [6, 6.07) is 34.4. The standard InChI is InChI=1S/C33H28O8S/c34-26(21-38-30(35)22-13-5-1-6-14-22)27-28(39-31(36)23-15-7-2-8-16-23)29(40-32(37)24-17-9-3-10-18-24)33(41-27)42-25-19-11-4-12-20-25/h1-20,26-29,33-34H,21H2/t26-,27+,28?,29?,33+/m1/s1. The quantitative estimate of drug-likeness (QED) is 0.199. The highest BCUT2D eigenvalue weighted by atomic mass is 32.2. The Bertz CT molecular complexity index is 1470. The maximum atomic E-state index is 13.2. The summed E-state index contributed by atoms with van der Waals surface area (Å²) in [5.41, 5.74) is 0.0258. The molecule has 0 saturated carbocycles. The molecule has 4 aromatic carbocycles. The fourth-order valence-electron chi connectivity index (χ4n) is 4.39. The Morgan fingerprint density at radius 2 is 1.07 bits per heavy atom. The Labute approximate surface area is 247 Å². The van der Waals surface area contributed by atoms with Gasteiger partial charge in [0.05, 0.1) is 16.7 Å². The van der Waals surface area contributed by atoms with Crippen LogP contribution in [0.1, 0.15) is 31.1 Å². The van der Waals surface area contributed by atoms with Crippen molar-refractivity contribution in [3.8, 4) is 0 Å². The summed E-state index contributed by atoms with van der Waals surface area (Å²) in [5.74, 6) is -1.96. The molecule has 0 radical (unpaired) electrons. The van der Waals surface area contributed by atoms with Crippen LogP contribution in [0.2, 0.25) is 0 Å². The molecule has 5 atom stereocenters. The molecule has 42 heavy (non-hydrogen) atoms. The van der Waals surface area contributed by atoms with E-state index in [9.17, 15) is 19.5 Å². The Kier molecular flexibility index (Phi) is 9.66. The fourth-order valence-corrected chi connectivity index (χ4v) is 5.50. The lowest BCUT2D eigenvalue weighted by molar-refractivity contribution is -0.0823. The number of esters is 3. The van der Waals surface area contributed by atoms with Crippen LogP contribution in [0.4, 0.5) is 0 Å². The number of benzene rings is 4. The van der Waals surface area contributed by atoms with Crippen molar-refractivity contribution < 1.29 is 38.4 Å². The zero-order chi connectivity index (χ0) is 29.3. The van der Waals surface area contributed by atoms with E-state index >= 15 is 0 Å². The lowest BCUT2D eigenvalue weighted by atomic mass is 10.1. The Hall–Kier alpha value is -4.44. The molecule has 214 valence electrons. The molecule has 1 aliphatic heterocycles. The maximum Gasteiger partial charge on any atom is 0.338 e. The van der Waals surface area contributed by atoms with Crippen LogP contribution < -0.4 is 0 Å². The summed E-state index contributed by atoms with van der Waals surface area (Å²) >= 11 is 1.26. The molecule has 1 heterocycles. The zero-order valence-corrected chi connectivity index (χ0v) is 23.2. The molecule has 0 aliphatic carbocycles. The van der Waals surface area contributed by atoms with Crippen molar-refractivity contribution in [2.75, 3.05) is 6.61 Å². The van der Waals surface area contributed by atoms with Gasteiger partial charge < -0.3 is 24.1 Å². The van der Waals surface area contributed by atoms with Crippen LogP contribution in [-0.4, -0.2) is 59.5 Å². The highest BCUT2D eigenvalue weighted by molar-refractivity contribution is 7.99. The topological polar surface area (TPSA) is 108 Å². The highest BCUT2D eigenvalue weighted by Gasteiger charge is 2.53. The van der Waals surface area contributed by atoms with E-state index in [1.807, 2.05) is 30.3 Å². The number of aliphatic hydroxyl groups is 1. The van der Waals surface area contributed by atoms with Crippen molar-refractivity contribution in [3.63, 3.8) is 0 Å². The van der Waals surface area contributed by atoms with E-state index < -0.39 is 54.4 Å². The van der Waals surface area contributed by atoms with Crippen molar-refractivity contribution in [1.29, 1.82) is 0 Å². The van der Waals surface area contributed by atoms with Gasteiger partial charge in [-0.15, -0.1) is 0 Å². The molecule has 0 spiro atoms. The first kappa shape index (κ1) is 29.1. The minimum Gasteiger partial charge on any atom is -0.459 e. The lowest BCUT2D eigenvalue weighted by Gasteiger charge is -2.26. The molecule has 5 rings (SSSR count). The second kappa shape index (κ2) is 14.0. The monoisotopic (exact) mass is 584 g/mol. The van der Waals surface area contributed by atoms with E-state index in [0.717, 1.165) is 4.90 Å². The maximum absolute atomic E-state index is 13.2. The van der Waals surface area contributed by atoms with Crippen LogP contribution >= 0.6 is 11.8 Å². The SMILES string of the molecule is O=C(OC[C@@H](O)[C@@H]1O[C@@H](Sc2ccccc2)C(OC(=O)c2ccccc2)C1OC(=O)c1ccccc1)c1ccccc1. The number of hydrogen-bond donors (Lipinski definition) is 1. The molecule has 8 nitrogen and oxygen atoms in total. The first-order chi connectivity index (χ1) is 20.5. The number of ether oxygens (including phenoxy) is 4. The smallest absolute Gasteiger partial charge is 0.338 e. The number of rotatable bonds is 10. The summed E-state index contributed by atoms with van der Waals surface area (Å²) in [6.45, 7) is -0.445. The van der Waals surface area contributed by atoms with Crippen molar-refractivity contribution in [2.24, 2.45) is 0 Å². The molecule has 0 bridgehead atoms. The number of carbonyl (C=O) groups is 3. The molecule has 1 aliphatic rings. The highest BCUT2D eigenvalue weighted by Crippen LogP contribution is 2.39. The minimum atomic E-state index is -1.41. The van der Waals surface area contributed by atoms with Gasteiger partial charge in [-0.2, -0.15) is 0 Å². The third-order valence-electron chi connectivity index (χ3n) is 6.48. The number of carbonyl (C=O) groups excluding carboxylic acids is 3. The second-order valence-electron chi connectivity index (χ2n) is 9.40. The van der Waals surface area contributed by atoms with Crippen LogP contribution in [0.25, 0.3) is 0 Å². The summed E-state index contributed by atoms with van der Waals surface area (Å²) < 4.78 is 23.4. The van der Waals surface area contributed by atoms with Gasteiger partial charge in [-0.25, -0.2) is 14.4 Å². The zero-order valence-electron chi connectivity index (χ0n) is 22.4. The first-order valence-electron chi connectivity index (χ1n) is 13.3. The minimum absolute atomic E-state index is 0.272. The van der Waals surface area contributed by atoms with Gasteiger partial charge in [0.25, 0.3) is 0 Å². The number of hydrogen-bond acceptors (Lipinski definition) is 9. The van der Waals surface area contributed by atoms with Crippen LogP contribution in [-0.2, 0) is 18.9 Å². The molecular formula is C33H28O8S. The van der Waals surface area contributed by atoms with Crippen molar-refractivity contribution in [2.45, 2.75) is 34.7 Å². The predicted molar refractivity (Wildman–Crippen MR) is 155 cm³/mol. The van der Waals surface area contributed by atoms with E-state index in [1.165, 1.54) is 11.8 Å². The molecule has 0 aromatic heterocycles. The van der Waals surface area contributed by atoms with E-state index in [-0.39, 0.29) is 5.56 Å². The van der Waals surface area contributed by atoms with Crippen molar-refractivity contribution in [3.05, 3.63) is 138 Å². The van der Waals surface area contributed by atoms with Gasteiger partial charge in [-0.1, -0.05) is 84.6 Å². The van der Waals surface area contributed by atoms with Gasteiger partial charge in [0.1, 0.15) is 24.3 Å². The molecule has 1 N–H and O–H groups in total. The molecule has 9 heteroatoms. The average Bonchev–Trinajstić information content (AvgIpc) is 3.37. The van der Waals surface area contributed by atoms with Gasteiger partial charge >= 0.3 is 17.9 Å². The van der Waals surface area contributed by atoms with E-state index in [1.54, 1.807) is 91.0 Å². The predicted octanol–water partition coefficient (Wildman–Crippen LogP) is 5.17. The normalized spacial score (nSPS) is 20.3. The van der Waals surface area contributed by atoms with Gasteiger partial charge in [0, 0.05) is 4.90 Å². The molecular weight excluding hydrogens is 556 g/mol. The van der Waals surface area contributed by atoms with Gasteiger partial charge in [0.15, 0.2) is 12.2 Å². The second-order valence-corrected chi connectivity index (χ2v) is 10.6. The number of thioether (sulfide) groups is 1. The van der Waals surface area contributed by atoms with Gasteiger partial charge in [-0.3, -0.25) is 0 Å². The molecule has 2 unspecified atom stereocenters. The van der Waals surface area contributed by atoms with E-state index in [2.05, 4.69) is 0 Å². The first-order valence-corrected chi connectivity index (χ1v) is 14.2. The molecule has 4 aromatic rings. The van der Waals surface area contributed by atoms with Crippen LogP contribution in [0, 0.1) is 0 Å².